The second-order valence-electron chi connectivity index (χ2n) is 7.17. The van der Waals surface area contributed by atoms with Gasteiger partial charge in [-0.1, -0.05) is 32.0 Å². The lowest BCUT2D eigenvalue weighted by Gasteiger charge is -2.48. The summed E-state index contributed by atoms with van der Waals surface area (Å²) >= 11 is 0. The molecule has 0 bridgehead atoms. The maximum Gasteiger partial charge on any atom is 0.0307 e. The number of piperazine rings is 1. The van der Waals surface area contributed by atoms with Crippen molar-refractivity contribution in [3.8, 4) is 0 Å². The van der Waals surface area contributed by atoms with Gasteiger partial charge in [0.1, 0.15) is 0 Å². The van der Waals surface area contributed by atoms with E-state index >= 15 is 0 Å². The van der Waals surface area contributed by atoms with E-state index in [1.807, 2.05) is 0 Å². The van der Waals surface area contributed by atoms with E-state index in [9.17, 15) is 0 Å². The lowest BCUT2D eigenvalue weighted by atomic mass is 9.90. The number of hydrogen-bond donors (Lipinski definition) is 1. The summed E-state index contributed by atoms with van der Waals surface area (Å²) < 4.78 is 0. The fourth-order valence-corrected chi connectivity index (χ4v) is 3.85. The first-order chi connectivity index (χ1) is 10.1. The molecule has 2 aliphatic rings. The molecule has 1 aliphatic carbocycles. The van der Waals surface area contributed by atoms with Crippen molar-refractivity contribution in [2.24, 2.45) is 0 Å². The van der Waals surface area contributed by atoms with Gasteiger partial charge in [0.25, 0.3) is 0 Å². The summed E-state index contributed by atoms with van der Waals surface area (Å²) in [6, 6.07) is 7.87. The lowest BCUT2D eigenvalue weighted by Crippen LogP contribution is -2.62. The molecule has 1 aliphatic heterocycles. The van der Waals surface area contributed by atoms with Gasteiger partial charge >= 0.3 is 0 Å². The first-order valence-electron chi connectivity index (χ1n) is 8.73. The molecule has 2 heteroatoms. The van der Waals surface area contributed by atoms with Gasteiger partial charge in [-0.3, -0.25) is 4.90 Å². The zero-order valence-electron chi connectivity index (χ0n) is 13.9. The number of rotatable bonds is 4. The molecule has 2 atom stereocenters. The molecule has 0 spiro atoms. The van der Waals surface area contributed by atoms with E-state index in [1.165, 1.54) is 44.2 Å². The normalized spacial score (nSPS) is 29.6. The first-order valence-corrected chi connectivity index (χ1v) is 8.73. The molecule has 0 amide bonds. The molecule has 1 saturated heterocycles. The first kappa shape index (κ1) is 15.1. The van der Waals surface area contributed by atoms with E-state index in [0.29, 0.717) is 11.6 Å². The van der Waals surface area contributed by atoms with Crippen LogP contribution in [0.3, 0.4) is 0 Å². The van der Waals surface area contributed by atoms with Crippen LogP contribution in [0, 0.1) is 0 Å². The third-order valence-electron chi connectivity index (χ3n) is 5.77. The van der Waals surface area contributed by atoms with Crippen LogP contribution in [0.5, 0.6) is 0 Å². The standard InChI is InChI=1S/C19H30N2/c1-4-18-13-21(19(3,5-2)14-20-18)12-15-9-10-16-7-6-8-17(16)11-15/h9-11,18,20H,4-8,12-14H2,1-3H3. The van der Waals surface area contributed by atoms with Gasteiger partial charge in [-0.05, 0) is 55.7 Å². The van der Waals surface area contributed by atoms with Gasteiger partial charge in [-0.15, -0.1) is 0 Å². The Morgan fingerprint density at radius 1 is 1.24 bits per heavy atom. The Hall–Kier alpha value is -0.860. The zero-order valence-corrected chi connectivity index (χ0v) is 13.9. The van der Waals surface area contributed by atoms with Crippen molar-refractivity contribution in [3.63, 3.8) is 0 Å². The summed E-state index contributed by atoms with van der Waals surface area (Å²) in [7, 11) is 0. The van der Waals surface area contributed by atoms with Gasteiger partial charge in [-0.2, -0.15) is 0 Å². The Balaban J connectivity index is 1.77. The molecular weight excluding hydrogens is 256 g/mol. The van der Waals surface area contributed by atoms with Gasteiger partial charge in [0.05, 0.1) is 0 Å². The number of hydrogen-bond acceptors (Lipinski definition) is 2. The van der Waals surface area contributed by atoms with Crippen molar-refractivity contribution in [1.82, 2.24) is 10.2 Å². The second-order valence-corrected chi connectivity index (χ2v) is 7.17. The van der Waals surface area contributed by atoms with E-state index in [4.69, 9.17) is 0 Å². The van der Waals surface area contributed by atoms with Crippen molar-refractivity contribution in [2.45, 2.75) is 71.0 Å². The van der Waals surface area contributed by atoms with E-state index in [1.54, 1.807) is 11.1 Å². The molecule has 0 saturated carbocycles. The predicted octanol–water partition coefficient (Wildman–Crippen LogP) is 3.53. The Labute approximate surface area is 129 Å². The van der Waals surface area contributed by atoms with Crippen molar-refractivity contribution >= 4 is 0 Å². The third-order valence-corrected chi connectivity index (χ3v) is 5.77. The molecule has 2 unspecified atom stereocenters. The maximum absolute atomic E-state index is 3.73. The molecule has 1 aromatic carbocycles. The van der Waals surface area contributed by atoms with Crippen LogP contribution in [0.15, 0.2) is 18.2 Å². The van der Waals surface area contributed by atoms with Crippen LogP contribution in [0.1, 0.15) is 56.7 Å². The summed E-state index contributed by atoms with van der Waals surface area (Å²) in [5, 5.41) is 3.73. The molecule has 3 rings (SSSR count). The topological polar surface area (TPSA) is 15.3 Å². The average molecular weight is 286 g/mol. The monoisotopic (exact) mass is 286 g/mol. The number of aryl methyl sites for hydroxylation is 2. The molecule has 1 aromatic rings. The van der Waals surface area contributed by atoms with Gasteiger partial charge in [0, 0.05) is 31.2 Å². The molecule has 21 heavy (non-hydrogen) atoms. The molecule has 1 fully saturated rings. The summed E-state index contributed by atoms with van der Waals surface area (Å²) in [5.74, 6) is 0. The smallest absolute Gasteiger partial charge is 0.0307 e. The van der Waals surface area contributed by atoms with Crippen LogP contribution in [-0.2, 0) is 19.4 Å². The Bertz CT molecular complexity index is 496. The maximum atomic E-state index is 3.73. The molecule has 0 aromatic heterocycles. The second kappa shape index (κ2) is 6.10. The SMILES string of the molecule is CCC1CN(Cc2ccc3c(c2)CCC3)C(C)(CC)CN1. The van der Waals surface area contributed by atoms with E-state index < -0.39 is 0 Å². The van der Waals surface area contributed by atoms with E-state index in [2.05, 4.69) is 49.2 Å². The van der Waals surface area contributed by atoms with Crippen molar-refractivity contribution in [1.29, 1.82) is 0 Å². The van der Waals surface area contributed by atoms with Crippen LogP contribution in [-0.4, -0.2) is 29.6 Å². The largest absolute Gasteiger partial charge is 0.311 e. The molecular formula is C19H30N2. The van der Waals surface area contributed by atoms with Gasteiger partial charge in [-0.25, -0.2) is 0 Å². The molecule has 1 N–H and O–H groups in total. The summed E-state index contributed by atoms with van der Waals surface area (Å²) in [6.45, 7) is 10.4. The minimum atomic E-state index is 0.296. The lowest BCUT2D eigenvalue weighted by molar-refractivity contribution is 0.0408. The summed E-state index contributed by atoms with van der Waals surface area (Å²) in [5.41, 5.74) is 4.99. The molecule has 2 nitrogen and oxygen atoms in total. The fourth-order valence-electron chi connectivity index (χ4n) is 3.85. The van der Waals surface area contributed by atoms with Crippen LogP contribution in [0.4, 0.5) is 0 Å². The number of benzene rings is 1. The highest BCUT2D eigenvalue weighted by Crippen LogP contribution is 2.28. The number of nitrogens with one attached hydrogen (secondary N) is 1. The Morgan fingerprint density at radius 2 is 2.05 bits per heavy atom. The van der Waals surface area contributed by atoms with E-state index in [0.717, 1.165) is 13.1 Å². The fraction of sp³-hybridized carbons (Fsp3) is 0.684. The summed E-state index contributed by atoms with van der Waals surface area (Å²) in [6.07, 6.45) is 6.35. The predicted molar refractivity (Wildman–Crippen MR) is 89.7 cm³/mol. The van der Waals surface area contributed by atoms with Crippen molar-refractivity contribution < 1.29 is 0 Å². The third kappa shape index (κ3) is 3.02. The highest BCUT2D eigenvalue weighted by atomic mass is 15.3. The quantitative estimate of drug-likeness (QED) is 0.911. The van der Waals surface area contributed by atoms with Gasteiger partial charge < -0.3 is 5.32 Å². The molecule has 0 radical (unpaired) electrons. The highest BCUT2D eigenvalue weighted by Gasteiger charge is 2.35. The van der Waals surface area contributed by atoms with Gasteiger partial charge in [0.15, 0.2) is 0 Å². The minimum absolute atomic E-state index is 0.296. The Kier molecular flexibility index (Phi) is 4.37. The average Bonchev–Trinajstić information content (AvgIpc) is 2.97. The van der Waals surface area contributed by atoms with Crippen molar-refractivity contribution in [3.05, 3.63) is 34.9 Å². The van der Waals surface area contributed by atoms with Crippen LogP contribution in [0.2, 0.25) is 0 Å². The minimum Gasteiger partial charge on any atom is -0.311 e. The van der Waals surface area contributed by atoms with Crippen LogP contribution >= 0.6 is 0 Å². The van der Waals surface area contributed by atoms with Crippen LogP contribution in [0.25, 0.3) is 0 Å². The zero-order chi connectivity index (χ0) is 14.9. The van der Waals surface area contributed by atoms with Gasteiger partial charge in [0.2, 0.25) is 0 Å². The number of fused-ring (bicyclic) bond motifs is 1. The summed E-state index contributed by atoms with van der Waals surface area (Å²) in [4.78, 5) is 2.72. The number of nitrogens with zero attached hydrogens (tertiary/aromatic N) is 1. The molecule has 1 heterocycles. The van der Waals surface area contributed by atoms with E-state index in [-0.39, 0.29) is 0 Å². The van der Waals surface area contributed by atoms with Crippen molar-refractivity contribution in [2.75, 3.05) is 13.1 Å². The molecule has 116 valence electrons. The Morgan fingerprint density at radius 3 is 2.81 bits per heavy atom. The van der Waals surface area contributed by atoms with Crippen LogP contribution < -0.4 is 5.32 Å². The highest BCUT2D eigenvalue weighted by molar-refractivity contribution is 5.35.